The molecule has 0 amide bonds. The van der Waals surface area contributed by atoms with Crippen molar-refractivity contribution in [2.45, 2.75) is 25.1 Å². The zero-order chi connectivity index (χ0) is 20.6. The monoisotopic (exact) mass is 396 g/mol. The van der Waals surface area contributed by atoms with Gasteiger partial charge in [0.1, 0.15) is 17.2 Å². The number of halogens is 2. The molecule has 0 radical (unpaired) electrons. The number of fused-ring (bicyclic) bond motifs is 1. The third kappa shape index (κ3) is 3.31. The highest BCUT2D eigenvalue weighted by Crippen LogP contribution is 2.36. The number of imidazole rings is 1. The van der Waals surface area contributed by atoms with Gasteiger partial charge in [-0.25, -0.2) is 18.7 Å². The molecule has 0 unspecified atom stereocenters. The van der Waals surface area contributed by atoms with Crippen LogP contribution in [0.15, 0.2) is 72.3 Å². The second-order valence-electron chi connectivity index (χ2n) is 6.93. The van der Waals surface area contributed by atoms with Crippen molar-refractivity contribution in [3.63, 3.8) is 0 Å². The Morgan fingerprint density at radius 1 is 1.17 bits per heavy atom. The van der Waals surface area contributed by atoms with Gasteiger partial charge in [-0.2, -0.15) is 0 Å². The first-order valence-electron chi connectivity index (χ1n) is 8.99. The lowest BCUT2D eigenvalue weighted by atomic mass is 9.86. The maximum atomic E-state index is 14.7. The zero-order valence-electron chi connectivity index (χ0n) is 15.5. The minimum absolute atomic E-state index is 0.101. The number of nitrogens with zero attached hydrogens (tertiary/aromatic N) is 4. The van der Waals surface area contributed by atoms with Crippen LogP contribution in [-0.4, -0.2) is 24.2 Å². The van der Waals surface area contributed by atoms with Gasteiger partial charge in [0.05, 0.1) is 36.1 Å². The summed E-state index contributed by atoms with van der Waals surface area (Å²) in [4.78, 5) is 21.3. The predicted molar refractivity (Wildman–Crippen MR) is 103 cm³/mol. The molecule has 4 rings (SSSR count). The van der Waals surface area contributed by atoms with Gasteiger partial charge < -0.3 is 9.67 Å². The van der Waals surface area contributed by atoms with E-state index in [1.165, 1.54) is 29.5 Å². The van der Waals surface area contributed by atoms with E-state index in [0.29, 0.717) is 17.0 Å². The van der Waals surface area contributed by atoms with Gasteiger partial charge in [0.25, 0.3) is 5.56 Å². The third-order valence-corrected chi connectivity index (χ3v) is 5.18. The molecule has 148 valence electrons. The first kappa shape index (κ1) is 18.9. The van der Waals surface area contributed by atoms with E-state index in [-0.39, 0.29) is 17.7 Å². The molecule has 0 bridgehead atoms. The molecule has 2 atom stereocenters. The summed E-state index contributed by atoms with van der Waals surface area (Å²) in [6.07, 6.45) is 5.94. The molecule has 6 nitrogen and oxygen atoms in total. The summed E-state index contributed by atoms with van der Waals surface area (Å²) in [6.45, 7) is 1.49. The lowest BCUT2D eigenvalue weighted by Crippen LogP contribution is -2.43. The highest BCUT2D eigenvalue weighted by molar-refractivity contribution is 5.76. The van der Waals surface area contributed by atoms with Gasteiger partial charge in [-0.15, -0.1) is 0 Å². The van der Waals surface area contributed by atoms with Crippen LogP contribution in [0.2, 0.25) is 0 Å². The summed E-state index contributed by atoms with van der Waals surface area (Å²) in [5.74, 6) is -1.66. The van der Waals surface area contributed by atoms with Crippen LogP contribution in [-0.2, 0) is 12.1 Å². The van der Waals surface area contributed by atoms with Crippen LogP contribution in [0, 0.1) is 11.6 Å². The van der Waals surface area contributed by atoms with Crippen molar-refractivity contribution < 1.29 is 13.9 Å². The molecule has 2 heterocycles. The van der Waals surface area contributed by atoms with Crippen molar-refractivity contribution in [3.8, 4) is 0 Å². The van der Waals surface area contributed by atoms with Crippen molar-refractivity contribution in [1.82, 2.24) is 19.1 Å². The molecular weight excluding hydrogens is 378 g/mol. The molecule has 0 saturated heterocycles. The average molecular weight is 396 g/mol. The molecule has 1 N–H and O–H groups in total. The Morgan fingerprint density at radius 3 is 2.69 bits per heavy atom. The Kier molecular flexibility index (Phi) is 4.71. The largest absolute Gasteiger partial charge is 0.381 e. The standard InChI is InChI=1S/C21H18F2N4O2/c1-14(27-13-25-19-5-3-2-4-16(19)20(27)28)21(29,11-26-9-8-24-12-26)17-7-6-15(22)10-18(17)23/h2-10,12-14,29H,11H2,1H3/t14-,21-/m1/s1. The average Bonchev–Trinajstić information content (AvgIpc) is 3.20. The predicted octanol–water partition coefficient (Wildman–Crippen LogP) is 3.02. The fraction of sp³-hybridized carbons (Fsp3) is 0.190. The van der Waals surface area contributed by atoms with Gasteiger partial charge in [-0.05, 0) is 25.1 Å². The highest BCUT2D eigenvalue weighted by atomic mass is 19.1. The smallest absolute Gasteiger partial charge is 0.261 e. The van der Waals surface area contributed by atoms with E-state index in [9.17, 15) is 18.7 Å². The topological polar surface area (TPSA) is 72.9 Å². The van der Waals surface area contributed by atoms with Gasteiger partial charge in [0.2, 0.25) is 0 Å². The second-order valence-corrected chi connectivity index (χ2v) is 6.93. The van der Waals surface area contributed by atoms with E-state index in [1.54, 1.807) is 42.0 Å². The van der Waals surface area contributed by atoms with Gasteiger partial charge in [-0.1, -0.05) is 18.2 Å². The molecule has 0 spiro atoms. The van der Waals surface area contributed by atoms with E-state index < -0.39 is 23.3 Å². The summed E-state index contributed by atoms with van der Waals surface area (Å²) in [6, 6.07) is 8.90. The molecular formula is C21H18F2N4O2. The number of aromatic nitrogens is 4. The summed E-state index contributed by atoms with van der Waals surface area (Å²) < 4.78 is 31.0. The van der Waals surface area contributed by atoms with Crippen LogP contribution in [0.3, 0.4) is 0 Å². The molecule has 0 aliphatic heterocycles. The SMILES string of the molecule is C[C@@H](n1cnc2ccccc2c1=O)[C@](O)(Cn1ccnc1)c1ccc(F)cc1F. The van der Waals surface area contributed by atoms with Gasteiger partial charge >= 0.3 is 0 Å². The Balaban J connectivity index is 1.89. The summed E-state index contributed by atoms with van der Waals surface area (Å²) in [5, 5.41) is 12.0. The lowest BCUT2D eigenvalue weighted by Gasteiger charge is -2.36. The molecule has 2 aromatic heterocycles. The lowest BCUT2D eigenvalue weighted by molar-refractivity contribution is -0.0315. The zero-order valence-corrected chi connectivity index (χ0v) is 15.5. The first-order valence-corrected chi connectivity index (χ1v) is 8.99. The Bertz CT molecular complexity index is 1220. The molecule has 4 aromatic rings. The highest BCUT2D eigenvalue weighted by Gasteiger charge is 2.40. The molecule has 29 heavy (non-hydrogen) atoms. The molecule has 0 aliphatic rings. The van der Waals surface area contributed by atoms with Crippen molar-refractivity contribution in [3.05, 3.63) is 95.1 Å². The molecule has 0 saturated carbocycles. The van der Waals surface area contributed by atoms with Crippen LogP contribution in [0.4, 0.5) is 8.78 Å². The fourth-order valence-electron chi connectivity index (χ4n) is 3.53. The number of benzene rings is 2. The molecule has 0 fully saturated rings. The van der Waals surface area contributed by atoms with Crippen molar-refractivity contribution in [1.29, 1.82) is 0 Å². The summed E-state index contributed by atoms with van der Waals surface area (Å²) >= 11 is 0. The Morgan fingerprint density at radius 2 is 1.97 bits per heavy atom. The summed E-state index contributed by atoms with van der Waals surface area (Å²) in [7, 11) is 0. The van der Waals surface area contributed by atoms with Gasteiger partial charge in [0.15, 0.2) is 0 Å². The number of hydrogen-bond donors (Lipinski definition) is 1. The van der Waals surface area contributed by atoms with E-state index in [1.807, 2.05) is 0 Å². The minimum atomic E-state index is -1.88. The quantitative estimate of drug-likeness (QED) is 0.563. The van der Waals surface area contributed by atoms with Crippen molar-refractivity contribution >= 4 is 10.9 Å². The van der Waals surface area contributed by atoms with Gasteiger partial charge in [0, 0.05) is 24.0 Å². The third-order valence-electron chi connectivity index (χ3n) is 5.18. The number of hydrogen-bond acceptors (Lipinski definition) is 4. The van der Waals surface area contributed by atoms with E-state index >= 15 is 0 Å². The van der Waals surface area contributed by atoms with Crippen molar-refractivity contribution in [2.75, 3.05) is 0 Å². The number of rotatable bonds is 5. The Labute approximate surface area is 164 Å². The van der Waals surface area contributed by atoms with E-state index in [0.717, 1.165) is 6.07 Å². The van der Waals surface area contributed by atoms with Crippen LogP contribution < -0.4 is 5.56 Å². The number of para-hydroxylation sites is 1. The summed E-state index contributed by atoms with van der Waals surface area (Å²) in [5.41, 5.74) is -1.85. The van der Waals surface area contributed by atoms with Crippen LogP contribution in [0.5, 0.6) is 0 Å². The Hall–Kier alpha value is -3.39. The fourth-order valence-corrected chi connectivity index (χ4v) is 3.53. The van der Waals surface area contributed by atoms with Crippen LogP contribution >= 0.6 is 0 Å². The molecule has 0 aliphatic carbocycles. The normalized spacial score (nSPS) is 14.6. The van der Waals surface area contributed by atoms with E-state index in [4.69, 9.17) is 0 Å². The van der Waals surface area contributed by atoms with Crippen LogP contribution in [0.1, 0.15) is 18.5 Å². The maximum absolute atomic E-state index is 14.7. The molecule has 8 heteroatoms. The van der Waals surface area contributed by atoms with E-state index in [2.05, 4.69) is 9.97 Å². The number of aliphatic hydroxyl groups is 1. The first-order chi connectivity index (χ1) is 13.9. The minimum Gasteiger partial charge on any atom is -0.381 e. The van der Waals surface area contributed by atoms with Crippen LogP contribution in [0.25, 0.3) is 10.9 Å². The maximum Gasteiger partial charge on any atom is 0.261 e. The second kappa shape index (κ2) is 7.21. The molecule has 2 aromatic carbocycles. The van der Waals surface area contributed by atoms with Gasteiger partial charge in [-0.3, -0.25) is 9.36 Å². The van der Waals surface area contributed by atoms with Crippen molar-refractivity contribution in [2.24, 2.45) is 0 Å².